The van der Waals surface area contributed by atoms with Crippen LogP contribution in [0.1, 0.15) is 56.7 Å². The minimum atomic E-state index is 0.114. The number of rotatable bonds is 4. The highest BCUT2D eigenvalue weighted by atomic mass is 16.5. The molecule has 22 heavy (non-hydrogen) atoms. The van der Waals surface area contributed by atoms with Crippen LogP contribution in [0.2, 0.25) is 0 Å². The van der Waals surface area contributed by atoms with Crippen LogP contribution in [-0.2, 0) is 0 Å². The molecule has 0 saturated heterocycles. The number of nitrogens with zero attached hydrogens (tertiary/aromatic N) is 5. The predicted octanol–water partition coefficient (Wildman–Crippen LogP) is 3.16. The minimum Gasteiger partial charge on any atom is -0.337 e. The largest absolute Gasteiger partial charge is 0.337 e. The third-order valence-electron chi connectivity index (χ3n) is 4.59. The van der Waals surface area contributed by atoms with Gasteiger partial charge in [0.05, 0.1) is 11.7 Å². The van der Waals surface area contributed by atoms with E-state index in [1.165, 1.54) is 32.1 Å². The average molecular weight is 301 g/mol. The molecule has 118 valence electrons. The van der Waals surface area contributed by atoms with E-state index in [-0.39, 0.29) is 6.04 Å². The molecule has 0 aromatic carbocycles. The van der Waals surface area contributed by atoms with Crippen LogP contribution in [-0.4, -0.2) is 38.3 Å². The third kappa shape index (κ3) is 3.16. The Morgan fingerprint density at radius 2 is 1.95 bits per heavy atom. The van der Waals surface area contributed by atoms with Gasteiger partial charge in [-0.15, -0.1) is 5.10 Å². The van der Waals surface area contributed by atoms with Crippen LogP contribution >= 0.6 is 0 Å². The van der Waals surface area contributed by atoms with E-state index in [0.29, 0.717) is 23.5 Å². The van der Waals surface area contributed by atoms with Gasteiger partial charge in [0.15, 0.2) is 0 Å². The number of aromatic nitrogens is 4. The summed E-state index contributed by atoms with van der Waals surface area (Å²) in [5.74, 6) is 1.15. The molecule has 0 spiro atoms. The first-order valence-electron chi connectivity index (χ1n) is 8.01. The normalized spacial score (nSPS) is 17.8. The monoisotopic (exact) mass is 301 g/mol. The molecule has 1 fully saturated rings. The van der Waals surface area contributed by atoms with E-state index < -0.39 is 0 Å². The van der Waals surface area contributed by atoms with Crippen molar-refractivity contribution in [3.63, 3.8) is 0 Å². The first-order chi connectivity index (χ1) is 10.6. The highest BCUT2D eigenvalue weighted by molar-refractivity contribution is 5.46. The molecule has 0 bridgehead atoms. The van der Waals surface area contributed by atoms with E-state index in [1.54, 1.807) is 0 Å². The molecule has 1 atom stereocenters. The van der Waals surface area contributed by atoms with Crippen molar-refractivity contribution in [2.24, 2.45) is 0 Å². The summed E-state index contributed by atoms with van der Waals surface area (Å²) in [4.78, 5) is 6.86. The second-order valence-corrected chi connectivity index (χ2v) is 6.15. The van der Waals surface area contributed by atoms with Crippen molar-refractivity contribution in [1.82, 2.24) is 25.2 Å². The molecule has 0 aliphatic heterocycles. The summed E-state index contributed by atoms with van der Waals surface area (Å²) in [6, 6.07) is 4.49. The SMILES string of the molecule is Cc1ccc(-c2noc([C@@H](C)N(C)C3CCCCC3)n2)nn1. The minimum absolute atomic E-state index is 0.114. The average Bonchev–Trinajstić information content (AvgIpc) is 3.05. The first kappa shape index (κ1) is 15.1. The Balaban J connectivity index is 1.73. The van der Waals surface area contributed by atoms with Crippen LogP contribution in [0.3, 0.4) is 0 Å². The maximum atomic E-state index is 5.45. The fraction of sp³-hybridized carbons (Fsp3) is 0.625. The summed E-state index contributed by atoms with van der Waals surface area (Å²) in [5, 5.41) is 12.2. The zero-order valence-electron chi connectivity index (χ0n) is 13.5. The van der Waals surface area contributed by atoms with Gasteiger partial charge in [-0.1, -0.05) is 24.4 Å². The van der Waals surface area contributed by atoms with Crippen molar-refractivity contribution in [3.8, 4) is 11.5 Å². The van der Waals surface area contributed by atoms with Crippen molar-refractivity contribution in [3.05, 3.63) is 23.7 Å². The van der Waals surface area contributed by atoms with Gasteiger partial charge in [0.2, 0.25) is 11.7 Å². The van der Waals surface area contributed by atoms with Crippen LogP contribution in [0.25, 0.3) is 11.5 Å². The smallest absolute Gasteiger partial charge is 0.244 e. The zero-order chi connectivity index (χ0) is 15.5. The van der Waals surface area contributed by atoms with Gasteiger partial charge in [0.25, 0.3) is 0 Å². The molecule has 1 aliphatic carbocycles. The first-order valence-corrected chi connectivity index (χ1v) is 8.01. The Morgan fingerprint density at radius 1 is 1.18 bits per heavy atom. The van der Waals surface area contributed by atoms with Crippen molar-refractivity contribution in [1.29, 1.82) is 0 Å². The van der Waals surface area contributed by atoms with Gasteiger partial charge in [-0.2, -0.15) is 10.1 Å². The molecular formula is C16H23N5O. The van der Waals surface area contributed by atoms with Crippen molar-refractivity contribution in [2.45, 2.75) is 58.0 Å². The Labute approximate surface area is 130 Å². The molecule has 6 heteroatoms. The Hall–Kier alpha value is -1.82. The van der Waals surface area contributed by atoms with Gasteiger partial charge < -0.3 is 4.52 Å². The molecule has 2 aromatic rings. The molecule has 2 aromatic heterocycles. The van der Waals surface area contributed by atoms with Gasteiger partial charge in [-0.05, 0) is 45.9 Å². The van der Waals surface area contributed by atoms with Crippen LogP contribution in [0.15, 0.2) is 16.7 Å². The lowest BCUT2D eigenvalue weighted by molar-refractivity contribution is 0.124. The fourth-order valence-corrected chi connectivity index (χ4v) is 3.01. The molecule has 3 rings (SSSR count). The summed E-state index contributed by atoms with van der Waals surface area (Å²) in [6.45, 7) is 4.02. The second kappa shape index (κ2) is 6.52. The predicted molar refractivity (Wildman–Crippen MR) is 83.1 cm³/mol. The highest BCUT2D eigenvalue weighted by Crippen LogP contribution is 2.28. The van der Waals surface area contributed by atoms with Crippen LogP contribution < -0.4 is 0 Å². The van der Waals surface area contributed by atoms with Gasteiger partial charge in [-0.25, -0.2) is 0 Å². The van der Waals surface area contributed by atoms with Crippen molar-refractivity contribution >= 4 is 0 Å². The lowest BCUT2D eigenvalue weighted by atomic mass is 9.94. The lowest BCUT2D eigenvalue weighted by Gasteiger charge is -2.33. The molecule has 0 amide bonds. The van der Waals surface area contributed by atoms with E-state index >= 15 is 0 Å². The maximum Gasteiger partial charge on any atom is 0.244 e. The molecule has 1 saturated carbocycles. The number of hydrogen-bond acceptors (Lipinski definition) is 6. The summed E-state index contributed by atoms with van der Waals surface area (Å²) in [5.41, 5.74) is 1.52. The molecule has 0 unspecified atom stereocenters. The molecule has 0 radical (unpaired) electrons. The van der Waals surface area contributed by atoms with E-state index in [0.717, 1.165) is 5.69 Å². The van der Waals surface area contributed by atoms with Crippen LogP contribution in [0.4, 0.5) is 0 Å². The Kier molecular flexibility index (Phi) is 4.47. The molecule has 0 N–H and O–H groups in total. The van der Waals surface area contributed by atoms with Crippen molar-refractivity contribution < 1.29 is 4.52 Å². The fourth-order valence-electron chi connectivity index (χ4n) is 3.01. The van der Waals surface area contributed by atoms with Gasteiger partial charge in [-0.3, -0.25) is 4.90 Å². The van der Waals surface area contributed by atoms with E-state index in [9.17, 15) is 0 Å². The Bertz CT molecular complexity index is 603. The second-order valence-electron chi connectivity index (χ2n) is 6.15. The summed E-state index contributed by atoms with van der Waals surface area (Å²) >= 11 is 0. The van der Waals surface area contributed by atoms with Gasteiger partial charge in [0, 0.05) is 6.04 Å². The van der Waals surface area contributed by atoms with E-state index in [4.69, 9.17) is 4.52 Å². The van der Waals surface area contributed by atoms with Gasteiger partial charge >= 0.3 is 0 Å². The molecule has 1 aliphatic rings. The third-order valence-corrected chi connectivity index (χ3v) is 4.59. The molecular weight excluding hydrogens is 278 g/mol. The number of hydrogen-bond donors (Lipinski definition) is 0. The molecule has 2 heterocycles. The van der Waals surface area contributed by atoms with E-state index in [1.807, 2.05) is 19.1 Å². The number of aryl methyl sites for hydroxylation is 1. The topological polar surface area (TPSA) is 67.9 Å². The summed E-state index contributed by atoms with van der Waals surface area (Å²) < 4.78 is 5.45. The highest BCUT2D eigenvalue weighted by Gasteiger charge is 2.26. The summed E-state index contributed by atoms with van der Waals surface area (Å²) in [6.07, 6.45) is 6.50. The van der Waals surface area contributed by atoms with Crippen LogP contribution in [0.5, 0.6) is 0 Å². The van der Waals surface area contributed by atoms with Gasteiger partial charge in [0.1, 0.15) is 5.69 Å². The van der Waals surface area contributed by atoms with Crippen LogP contribution in [0, 0.1) is 6.92 Å². The summed E-state index contributed by atoms with van der Waals surface area (Å²) in [7, 11) is 2.15. The van der Waals surface area contributed by atoms with E-state index in [2.05, 4.69) is 39.2 Å². The van der Waals surface area contributed by atoms with Crippen molar-refractivity contribution in [2.75, 3.05) is 7.05 Å². The quantitative estimate of drug-likeness (QED) is 0.864. The zero-order valence-corrected chi connectivity index (χ0v) is 13.5. The lowest BCUT2D eigenvalue weighted by Crippen LogP contribution is -2.35. The standard InChI is InChI=1S/C16H23N5O/c1-11-9-10-14(19-18-11)15-17-16(22-20-15)12(2)21(3)13-7-5-4-6-8-13/h9-10,12-13H,4-8H2,1-3H3/t12-/m1/s1. The maximum absolute atomic E-state index is 5.45. The Morgan fingerprint density at radius 3 is 2.64 bits per heavy atom. The molecule has 6 nitrogen and oxygen atoms in total.